The minimum Gasteiger partial charge on any atom is -0.376 e. The number of allylic oxidation sites excluding steroid dienone is 2. The first-order valence-electron chi connectivity index (χ1n) is 7.71. The lowest BCUT2D eigenvalue weighted by molar-refractivity contribution is -0.384. The van der Waals surface area contributed by atoms with E-state index in [0.717, 1.165) is 23.2 Å². The lowest BCUT2D eigenvalue weighted by Crippen LogP contribution is -2.29. The van der Waals surface area contributed by atoms with E-state index < -0.39 is 0 Å². The van der Waals surface area contributed by atoms with Crippen LogP contribution in [0.1, 0.15) is 29.5 Å². The fourth-order valence-corrected chi connectivity index (χ4v) is 4.15. The molecule has 4 rings (SSSR count). The molecule has 1 heterocycles. The summed E-state index contributed by atoms with van der Waals surface area (Å²) < 4.78 is 0. The van der Waals surface area contributed by atoms with Crippen LogP contribution in [0, 0.1) is 16.0 Å². The fourth-order valence-electron chi connectivity index (χ4n) is 3.76. The summed E-state index contributed by atoms with van der Waals surface area (Å²) >= 11 is 12.6. The zero-order valence-electron chi connectivity index (χ0n) is 12.6. The smallest absolute Gasteiger partial charge is 0.269 e. The Hall–Kier alpha value is -2.04. The van der Waals surface area contributed by atoms with E-state index >= 15 is 0 Å². The van der Waals surface area contributed by atoms with E-state index in [9.17, 15) is 10.1 Å². The molecule has 0 saturated heterocycles. The van der Waals surface area contributed by atoms with E-state index in [0.29, 0.717) is 16.0 Å². The molecule has 2 aromatic rings. The van der Waals surface area contributed by atoms with Gasteiger partial charge in [0.25, 0.3) is 5.69 Å². The Kier molecular flexibility index (Phi) is 3.74. The molecular formula is C18H14Cl2N2O2. The predicted molar refractivity (Wildman–Crippen MR) is 95.9 cm³/mol. The number of nitrogens with one attached hydrogen (secondary N) is 1. The number of fused-ring (bicyclic) bond motifs is 3. The first-order chi connectivity index (χ1) is 11.6. The van der Waals surface area contributed by atoms with E-state index in [2.05, 4.69) is 17.5 Å². The maximum atomic E-state index is 11.1. The van der Waals surface area contributed by atoms with Crippen LogP contribution in [0.25, 0.3) is 0 Å². The summed E-state index contributed by atoms with van der Waals surface area (Å²) in [7, 11) is 0. The van der Waals surface area contributed by atoms with Crippen molar-refractivity contribution in [2.24, 2.45) is 5.92 Å². The highest BCUT2D eigenvalue weighted by atomic mass is 35.5. The summed E-state index contributed by atoms with van der Waals surface area (Å²) in [5.41, 5.74) is 2.95. The van der Waals surface area contributed by atoms with Gasteiger partial charge in [0.05, 0.1) is 26.7 Å². The van der Waals surface area contributed by atoms with Crippen molar-refractivity contribution in [3.63, 3.8) is 0 Å². The average molecular weight is 361 g/mol. The van der Waals surface area contributed by atoms with Gasteiger partial charge in [-0.25, -0.2) is 0 Å². The Bertz CT molecular complexity index is 866. The molecule has 0 spiro atoms. The van der Waals surface area contributed by atoms with Gasteiger partial charge in [-0.2, -0.15) is 0 Å². The maximum Gasteiger partial charge on any atom is 0.269 e. The van der Waals surface area contributed by atoms with Gasteiger partial charge in [-0.05, 0) is 29.5 Å². The first kappa shape index (κ1) is 15.5. The number of nitrogens with zero attached hydrogens (tertiary/aromatic N) is 1. The number of hydrogen-bond donors (Lipinski definition) is 1. The van der Waals surface area contributed by atoms with Gasteiger partial charge < -0.3 is 5.32 Å². The molecule has 0 amide bonds. The van der Waals surface area contributed by atoms with Crippen molar-refractivity contribution in [1.29, 1.82) is 0 Å². The van der Waals surface area contributed by atoms with Crippen LogP contribution in [0.15, 0.2) is 48.6 Å². The molecule has 24 heavy (non-hydrogen) atoms. The highest BCUT2D eigenvalue weighted by molar-refractivity contribution is 6.43. The Labute approximate surface area is 149 Å². The normalized spacial score (nSPS) is 24.2. The summed E-state index contributed by atoms with van der Waals surface area (Å²) in [6.45, 7) is 0. The largest absolute Gasteiger partial charge is 0.376 e. The van der Waals surface area contributed by atoms with Crippen LogP contribution in [0.2, 0.25) is 10.0 Å². The molecule has 1 N–H and O–H groups in total. The SMILES string of the molecule is O=[N+]([O-])c1cccc([C@H]2Nc3c(ccc(Cl)c3Cl)[C@@H]3C=CC[C@H]23)c1. The summed E-state index contributed by atoms with van der Waals surface area (Å²) in [5.74, 6) is 0.539. The van der Waals surface area contributed by atoms with E-state index in [4.69, 9.17) is 23.2 Å². The van der Waals surface area contributed by atoms with E-state index in [-0.39, 0.29) is 22.6 Å². The summed E-state index contributed by atoms with van der Waals surface area (Å²) in [6, 6.07) is 10.6. The molecule has 3 atom stereocenters. The minimum absolute atomic E-state index is 0.0478. The van der Waals surface area contributed by atoms with E-state index in [1.807, 2.05) is 18.2 Å². The predicted octanol–water partition coefficient (Wildman–Crippen LogP) is 5.73. The number of hydrogen-bond acceptors (Lipinski definition) is 3. The minimum atomic E-state index is -0.367. The van der Waals surface area contributed by atoms with Gasteiger partial charge in [-0.15, -0.1) is 0 Å². The maximum absolute atomic E-state index is 11.1. The molecule has 0 fully saturated rings. The molecule has 1 aliphatic carbocycles. The number of rotatable bonds is 2. The van der Waals surface area contributed by atoms with Crippen LogP contribution >= 0.6 is 23.2 Å². The summed E-state index contributed by atoms with van der Waals surface area (Å²) in [5, 5.41) is 15.6. The molecule has 0 unspecified atom stereocenters. The van der Waals surface area contributed by atoms with Gasteiger partial charge in [-0.3, -0.25) is 10.1 Å². The van der Waals surface area contributed by atoms with Gasteiger partial charge in [0.15, 0.2) is 0 Å². The molecular weight excluding hydrogens is 347 g/mol. The van der Waals surface area contributed by atoms with Crippen LogP contribution in [0.4, 0.5) is 11.4 Å². The van der Waals surface area contributed by atoms with Crippen molar-refractivity contribution in [3.05, 3.63) is 79.8 Å². The Morgan fingerprint density at radius 1 is 1.21 bits per heavy atom. The van der Waals surface area contributed by atoms with Crippen LogP contribution in [-0.4, -0.2) is 4.92 Å². The zero-order chi connectivity index (χ0) is 16.8. The third-order valence-corrected chi connectivity index (χ3v) is 5.67. The van der Waals surface area contributed by atoms with Crippen LogP contribution in [0.5, 0.6) is 0 Å². The van der Waals surface area contributed by atoms with Gasteiger partial charge in [0, 0.05) is 18.1 Å². The molecule has 2 aliphatic rings. The second kappa shape index (κ2) is 5.80. The molecule has 0 aromatic heterocycles. The van der Waals surface area contributed by atoms with Crippen molar-refractivity contribution in [3.8, 4) is 0 Å². The molecule has 2 aromatic carbocycles. The third kappa shape index (κ3) is 2.38. The zero-order valence-corrected chi connectivity index (χ0v) is 14.1. The number of anilines is 1. The standard InChI is InChI=1S/C18H14Cl2N2O2/c19-15-8-7-14-12-5-2-6-13(12)17(21-18(14)16(15)20)10-3-1-4-11(9-10)22(23)24/h1-5,7-9,12-13,17,21H,6H2/t12-,13+,17-/m1/s1. The summed E-state index contributed by atoms with van der Waals surface area (Å²) in [6.07, 6.45) is 5.28. The van der Waals surface area contributed by atoms with Crippen LogP contribution in [0.3, 0.4) is 0 Å². The molecule has 0 bridgehead atoms. The lowest BCUT2D eigenvalue weighted by atomic mass is 9.77. The molecule has 0 saturated carbocycles. The van der Waals surface area contributed by atoms with Crippen molar-refractivity contribution >= 4 is 34.6 Å². The lowest BCUT2D eigenvalue weighted by Gasteiger charge is -2.38. The number of nitro groups is 1. The van der Waals surface area contributed by atoms with E-state index in [1.165, 1.54) is 6.07 Å². The molecule has 4 nitrogen and oxygen atoms in total. The molecule has 122 valence electrons. The molecule has 0 radical (unpaired) electrons. The van der Waals surface area contributed by atoms with Crippen molar-refractivity contribution in [1.82, 2.24) is 0 Å². The molecule has 1 aliphatic heterocycles. The van der Waals surface area contributed by atoms with Crippen molar-refractivity contribution < 1.29 is 4.92 Å². The monoisotopic (exact) mass is 360 g/mol. The average Bonchev–Trinajstić information content (AvgIpc) is 3.07. The number of non-ortho nitro benzene ring substituents is 1. The number of nitro benzene ring substituents is 1. The van der Waals surface area contributed by atoms with Gasteiger partial charge >= 0.3 is 0 Å². The third-order valence-electron chi connectivity index (χ3n) is 4.87. The quantitative estimate of drug-likeness (QED) is 0.422. The number of benzene rings is 2. The second-order valence-electron chi connectivity index (χ2n) is 6.15. The van der Waals surface area contributed by atoms with Crippen LogP contribution < -0.4 is 5.32 Å². The Balaban J connectivity index is 1.82. The highest BCUT2D eigenvalue weighted by Gasteiger charge is 2.39. The van der Waals surface area contributed by atoms with Crippen molar-refractivity contribution in [2.45, 2.75) is 18.4 Å². The van der Waals surface area contributed by atoms with Crippen molar-refractivity contribution in [2.75, 3.05) is 5.32 Å². The number of halogens is 2. The Morgan fingerprint density at radius 3 is 2.83 bits per heavy atom. The highest BCUT2D eigenvalue weighted by Crippen LogP contribution is 2.52. The van der Waals surface area contributed by atoms with Gasteiger partial charge in [-0.1, -0.05) is 53.6 Å². The summed E-state index contributed by atoms with van der Waals surface area (Å²) in [4.78, 5) is 10.7. The van der Waals surface area contributed by atoms with Gasteiger partial charge in [0.1, 0.15) is 0 Å². The second-order valence-corrected chi connectivity index (χ2v) is 6.94. The Morgan fingerprint density at radius 2 is 2.04 bits per heavy atom. The topological polar surface area (TPSA) is 55.2 Å². The fraction of sp³-hybridized carbons (Fsp3) is 0.222. The van der Waals surface area contributed by atoms with Crippen LogP contribution in [-0.2, 0) is 0 Å². The van der Waals surface area contributed by atoms with E-state index in [1.54, 1.807) is 12.1 Å². The first-order valence-corrected chi connectivity index (χ1v) is 8.47. The van der Waals surface area contributed by atoms with Gasteiger partial charge in [0.2, 0.25) is 0 Å². The molecule has 6 heteroatoms.